The van der Waals surface area contributed by atoms with E-state index in [1.54, 1.807) is 19.2 Å². The minimum Gasteiger partial charge on any atom is -0.496 e. The summed E-state index contributed by atoms with van der Waals surface area (Å²) in [5.41, 5.74) is 2.68. The Kier molecular flexibility index (Phi) is 7.20. The zero-order valence-electron chi connectivity index (χ0n) is 15.5. The highest BCUT2D eigenvalue weighted by Crippen LogP contribution is 2.27. The number of methoxy groups -OCH3 is 1. The molecule has 6 heteroatoms. The molecule has 0 fully saturated rings. The number of hydrogen-bond donors (Lipinski definition) is 2. The van der Waals surface area contributed by atoms with E-state index in [4.69, 9.17) is 4.74 Å². The summed E-state index contributed by atoms with van der Waals surface area (Å²) in [7, 11) is -2.02. The van der Waals surface area contributed by atoms with Crippen molar-refractivity contribution in [3.63, 3.8) is 0 Å². The molecule has 0 saturated carbocycles. The van der Waals surface area contributed by atoms with E-state index in [1.165, 1.54) is 0 Å². The molecule has 0 spiro atoms. The molecule has 2 N–H and O–H groups in total. The first-order chi connectivity index (χ1) is 12.4. The first-order valence-corrected chi connectivity index (χ1v) is 10.2. The van der Waals surface area contributed by atoms with Crippen molar-refractivity contribution in [2.24, 2.45) is 0 Å². The molecule has 2 aromatic rings. The van der Waals surface area contributed by atoms with Crippen LogP contribution in [0.2, 0.25) is 0 Å². The normalized spacial score (nSPS) is 12.8. The summed E-state index contributed by atoms with van der Waals surface area (Å²) in [5.74, 6) is 0.819. The SMILES string of the molecule is COc1c(C)cc(S(=O)(=O)NCCC(CCO)c2ccccc2)cc1C. The summed E-state index contributed by atoms with van der Waals surface area (Å²) >= 11 is 0. The smallest absolute Gasteiger partial charge is 0.240 e. The molecule has 0 radical (unpaired) electrons. The van der Waals surface area contributed by atoms with Crippen molar-refractivity contribution in [3.05, 3.63) is 59.2 Å². The monoisotopic (exact) mass is 377 g/mol. The van der Waals surface area contributed by atoms with Gasteiger partial charge in [-0.3, -0.25) is 0 Å². The molecule has 0 aliphatic carbocycles. The summed E-state index contributed by atoms with van der Waals surface area (Å²) < 4.78 is 33.2. The fourth-order valence-corrected chi connectivity index (χ4v) is 4.41. The Bertz CT molecular complexity index is 796. The van der Waals surface area contributed by atoms with Crippen LogP contribution in [0.15, 0.2) is 47.4 Å². The van der Waals surface area contributed by atoms with E-state index >= 15 is 0 Å². The molecule has 0 heterocycles. The molecule has 142 valence electrons. The maximum Gasteiger partial charge on any atom is 0.240 e. The fourth-order valence-electron chi connectivity index (χ4n) is 3.20. The van der Waals surface area contributed by atoms with Crippen molar-refractivity contribution >= 4 is 10.0 Å². The second-order valence-electron chi connectivity index (χ2n) is 6.40. The lowest BCUT2D eigenvalue weighted by molar-refractivity contribution is 0.273. The zero-order valence-corrected chi connectivity index (χ0v) is 16.3. The van der Waals surface area contributed by atoms with Crippen LogP contribution in [0.25, 0.3) is 0 Å². The zero-order chi connectivity index (χ0) is 19.2. The van der Waals surface area contributed by atoms with Crippen molar-refractivity contribution in [2.75, 3.05) is 20.3 Å². The molecule has 0 amide bonds. The van der Waals surface area contributed by atoms with E-state index in [0.29, 0.717) is 25.1 Å². The number of sulfonamides is 1. The van der Waals surface area contributed by atoms with Gasteiger partial charge in [0.15, 0.2) is 0 Å². The van der Waals surface area contributed by atoms with E-state index in [0.717, 1.165) is 16.7 Å². The van der Waals surface area contributed by atoms with Gasteiger partial charge in [0, 0.05) is 13.2 Å². The fraction of sp³-hybridized carbons (Fsp3) is 0.400. The van der Waals surface area contributed by atoms with E-state index in [2.05, 4.69) is 4.72 Å². The van der Waals surface area contributed by atoms with Crippen LogP contribution in [0.1, 0.15) is 35.4 Å². The van der Waals surface area contributed by atoms with Gasteiger partial charge in [-0.25, -0.2) is 13.1 Å². The number of aryl methyl sites for hydroxylation is 2. The van der Waals surface area contributed by atoms with Crippen LogP contribution in [0.4, 0.5) is 0 Å². The second-order valence-corrected chi connectivity index (χ2v) is 8.16. The van der Waals surface area contributed by atoms with Gasteiger partial charge in [0.25, 0.3) is 0 Å². The lowest BCUT2D eigenvalue weighted by atomic mass is 9.93. The summed E-state index contributed by atoms with van der Waals surface area (Å²) in [6.45, 7) is 4.05. The molecular formula is C20H27NO4S. The van der Waals surface area contributed by atoms with Gasteiger partial charge < -0.3 is 9.84 Å². The average Bonchev–Trinajstić information content (AvgIpc) is 2.61. The summed E-state index contributed by atoms with van der Waals surface area (Å²) in [4.78, 5) is 0.242. The van der Waals surface area contributed by atoms with Crippen molar-refractivity contribution in [1.29, 1.82) is 0 Å². The standard InChI is InChI=1S/C20H27NO4S/c1-15-13-19(14-16(2)20(15)25-3)26(23,24)21-11-9-18(10-12-22)17-7-5-4-6-8-17/h4-8,13-14,18,21-22H,9-12H2,1-3H3. The third-order valence-electron chi connectivity index (χ3n) is 4.48. The Morgan fingerprint density at radius 1 is 1.08 bits per heavy atom. The lowest BCUT2D eigenvalue weighted by Crippen LogP contribution is -2.26. The maximum absolute atomic E-state index is 12.6. The largest absolute Gasteiger partial charge is 0.496 e. The second kappa shape index (κ2) is 9.16. The van der Waals surface area contributed by atoms with E-state index in [-0.39, 0.29) is 17.4 Å². The Morgan fingerprint density at radius 3 is 2.23 bits per heavy atom. The van der Waals surface area contributed by atoms with Crippen LogP contribution >= 0.6 is 0 Å². The number of ether oxygens (including phenoxy) is 1. The number of nitrogens with one attached hydrogen (secondary N) is 1. The van der Waals surface area contributed by atoms with Crippen LogP contribution in [-0.4, -0.2) is 33.8 Å². The minimum absolute atomic E-state index is 0.0726. The molecule has 2 aromatic carbocycles. The molecule has 2 rings (SSSR count). The molecular weight excluding hydrogens is 350 g/mol. The highest BCUT2D eigenvalue weighted by atomic mass is 32.2. The van der Waals surface area contributed by atoms with Crippen molar-refractivity contribution in [2.45, 2.75) is 37.5 Å². The minimum atomic E-state index is -3.59. The van der Waals surface area contributed by atoms with E-state index < -0.39 is 10.0 Å². The maximum atomic E-state index is 12.6. The number of rotatable bonds is 9. The van der Waals surface area contributed by atoms with Crippen LogP contribution in [0, 0.1) is 13.8 Å². The number of aliphatic hydroxyl groups excluding tert-OH is 1. The average molecular weight is 378 g/mol. The molecule has 0 aliphatic heterocycles. The van der Waals surface area contributed by atoms with Gasteiger partial charge in [-0.1, -0.05) is 30.3 Å². The highest BCUT2D eigenvalue weighted by molar-refractivity contribution is 7.89. The van der Waals surface area contributed by atoms with Gasteiger partial charge in [-0.15, -0.1) is 0 Å². The molecule has 0 aliphatic rings. The van der Waals surface area contributed by atoms with E-state index in [1.807, 2.05) is 44.2 Å². The molecule has 0 bridgehead atoms. The third kappa shape index (κ3) is 5.06. The van der Waals surface area contributed by atoms with Crippen molar-refractivity contribution in [3.8, 4) is 5.75 Å². The molecule has 26 heavy (non-hydrogen) atoms. The first-order valence-electron chi connectivity index (χ1n) is 8.69. The molecule has 1 atom stereocenters. The number of benzene rings is 2. The van der Waals surface area contributed by atoms with Gasteiger partial charge in [0.1, 0.15) is 5.75 Å². The van der Waals surface area contributed by atoms with Gasteiger partial charge in [0.2, 0.25) is 10.0 Å². The molecule has 1 unspecified atom stereocenters. The topological polar surface area (TPSA) is 75.6 Å². The highest BCUT2D eigenvalue weighted by Gasteiger charge is 2.18. The Hall–Kier alpha value is -1.89. The quantitative estimate of drug-likeness (QED) is 0.704. The third-order valence-corrected chi connectivity index (χ3v) is 5.92. The van der Waals surface area contributed by atoms with Gasteiger partial charge in [-0.05, 0) is 61.4 Å². The predicted molar refractivity (Wildman–Crippen MR) is 103 cm³/mol. The summed E-state index contributed by atoms with van der Waals surface area (Å²) in [5, 5.41) is 9.30. The Balaban J connectivity index is 2.08. The van der Waals surface area contributed by atoms with Crippen LogP contribution in [0.5, 0.6) is 5.75 Å². The van der Waals surface area contributed by atoms with Gasteiger partial charge >= 0.3 is 0 Å². The van der Waals surface area contributed by atoms with Gasteiger partial charge in [0.05, 0.1) is 12.0 Å². The van der Waals surface area contributed by atoms with Gasteiger partial charge in [-0.2, -0.15) is 0 Å². The number of hydrogen-bond acceptors (Lipinski definition) is 4. The summed E-state index contributed by atoms with van der Waals surface area (Å²) in [6.07, 6.45) is 1.23. The Morgan fingerprint density at radius 2 is 1.69 bits per heavy atom. The number of aliphatic hydroxyl groups is 1. The molecule has 5 nitrogen and oxygen atoms in total. The van der Waals surface area contributed by atoms with Crippen LogP contribution in [0.3, 0.4) is 0 Å². The van der Waals surface area contributed by atoms with Crippen molar-refractivity contribution < 1.29 is 18.3 Å². The summed E-state index contributed by atoms with van der Waals surface area (Å²) in [6, 6.07) is 13.1. The molecule has 0 aromatic heterocycles. The first kappa shape index (κ1) is 20.4. The molecule has 0 saturated heterocycles. The van der Waals surface area contributed by atoms with Crippen LogP contribution < -0.4 is 9.46 Å². The van der Waals surface area contributed by atoms with Crippen LogP contribution in [-0.2, 0) is 10.0 Å². The van der Waals surface area contributed by atoms with E-state index in [9.17, 15) is 13.5 Å². The van der Waals surface area contributed by atoms with Crippen molar-refractivity contribution in [1.82, 2.24) is 4.72 Å². The Labute approximate surface area is 156 Å². The lowest BCUT2D eigenvalue weighted by Gasteiger charge is -2.17. The predicted octanol–water partition coefficient (Wildman–Crippen LogP) is 3.15.